The molecule has 0 aliphatic heterocycles. The van der Waals surface area contributed by atoms with Crippen molar-refractivity contribution in [3.8, 4) is 0 Å². The van der Waals surface area contributed by atoms with Crippen LogP contribution in [0.25, 0.3) is 0 Å². The fourth-order valence-corrected chi connectivity index (χ4v) is 2.26. The molecule has 0 bridgehead atoms. The third kappa shape index (κ3) is 2.12. The molecule has 86 valence electrons. The van der Waals surface area contributed by atoms with Crippen LogP contribution < -0.4 is 5.73 Å². The molecule has 0 spiro atoms. The maximum atomic E-state index is 13.7. The Morgan fingerprint density at radius 2 is 2.06 bits per heavy atom. The van der Waals surface area contributed by atoms with Crippen LogP contribution in [0.4, 0.5) is 4.39 Å². The predicted molar refractivity (Wildman–Crippen MR) is 62.8 cm³/mol. The van der Waals surface area contributed by atoms with Crippen molar-refractivity contribution in [1.29, 1.82) is 0 Å². The van der Waals surface area contributed by atoms with E-state index in [4.69, 9.17) is 5.73 Å². The maximum absolute atomic E-state index is 13.7. The second kappa shape index (κ2) is 3.56. The Balaban J connectivity index is 1.68. The molecule has 0 saturated heterocycles. The molecule has 2 aliphatic rings. The Kier molecular flexibility index (Phi) is 2.28. The average molecular weight is 219 g/mol. The van der Waals surface area contributed by atoms with Gasteiger partial charge in [-0.1, -0.05) is 12.1 Å². The smallest absolute Gasteiger partial charge is 0.126 e. The van der Waals surface area contributed by atoms with E-state index in [1.807, 2.05) is 6.07 Å². The zero-order chi connectivity index (χ0) is 11.2. The van der Waals surface area contributed by atoms with E-state index in [9.17, 15) is 4.39 Å². The molecule has 0 aromatic heterocycles. The third-order valence-electron chi connectivity index (χ3n) is 3.89. The number of nitrogens with two attached hydrogens (primary N) is 1. The normalized spacial score (nSPS) is 22.1. The van der Waals surface area contributed by atoms with Crippen molar-refractivity contribution in [2.45, 2.75) is 50.0 Å². The van der Waals surface area contributed by atoms with Crippen LogP contribution in [-0.4, -0.2) is 5.54 Å². The van der Waals surface area contributed by atoms with E-state index in [1.54, 1.807) is 6.07 Å². The summed E-state index contributed by atoms with van der Waals surface area (Å²) in [6.45, 7) is 0. The number of hydrogen-bond acceptors (Lipinski definition) is 1. The summed E-state index contributed by atoms with van der Waals surface area (Å²) in [5.41, 5.74) is 8.11. The van der Waals surface area contributed by atoms with Gasteiger partial charge in [0.15, 0.2) is 0 Å². The molecule has 0 atom stereocenters. The van der Waals surface area contributed by atoms with Crippen molar-refractivity contribution in [2.75, 3.05) is 0 Å². The highest BCUT2D eigenvalue weighted by atomic mass is 19.1. The molecule has 2 fully saturated rings. The summed E-state index contributed by atoms with van der Waals surface area (Å²) in [7, 11) is 0. The Morgan fingerprint density at radius 3 is 2.62 bits per heavy atom. The van der Waals surface area contributed by atoms with E-state index >= 15 is 0 Å². The van der Waals surface area contributed by atoms with E-state index in [-0.39, 0.29) is 11.4 Å². The van der Waals surface area contributed by atoms with Gasteiger partial charge < -0.3 is 5.73 Å². The quantitative estimate of drug-likeness (QED) is 0.827. The van der Waals surface area contributed by atoms with Crippen LogP contribution in [-0.2, 0) is 6.42 Å². The highest BCUT2D eigenvalue weighted by molar-refractivity contribution is 5.30. The monoisotopic (exact) mass is 219 g/mol. The minimum atomic E-state index is -0.0122. The van der Waals surface area contributed by atoms with Crippen molar-refractivity contribution in [3.63, 3.8) is 0 Å². The van der Waals surface area contributed by atoms with Gasteiger partial charge in [-0.15, -0.1) is 0 Å². The lowest BCUT2D eigenvalue weighted by Gasteiger charge is -2.09. The molecule has 2 saturated carbocycles. The Hall–Kier alpha value is -0.890. The summed E-state index contributed by atoms with van der Waals surface area (Å²) in [4.78, 5) is 0. The molecular weight excluding hydrogens is 201 g/mol. The van der Waals surface area contributed by atoms with Gasteiger partial charge in [0.2, 0.25) is 0 Å². The molecule has 0 radical (unpaired) electrons. The second-order valence-electron chi connectivity index (χ2n) is 5.49. The van der Waals surface area contributed by atoms with Crippen LogP contribution in [0.3, 0.4) is 0 Å². The van der Waals surface area contributed by atoms with Crippen molar-refractivity contribution in [1.82, 2.24) is 0 Å². The molecule has 1 nitrogen and oxygen atoms in total. The molecule has 0 heterocycles. The van der Waals surface area contributed by atoms with E-state index in [0.717, 1.165) is 49.7 Å². The summed E-state index contributed by atoms with van der Waals surface area (Å²) in [5, 5.41) is 0. The van der Waals surface area contributed by atoms with Crippen molar-refractivity contribution >= 4 is 0 Å². The van der Waals surface area contributed by atoms with Gasteiger partial charge in [0, 0.05) is 5.54 Å². The lowest BCUT2D eigenvalue weighted by Crippen LogP contribution is -2.22. The van der Waals surface area contributed by atoms with Gasteiger partial charge in [-0.3, -0.25) is 0 Å². The van der Waals surface area contributed by atoms with Gasteiger partial charge in [0.05, 0.1) is 0 Å². The van der Waals surface area contributed by atoms with Gasteiger partial charge >= 0.3 is 0 Å². The molecule has 16 heavy (non-hydrogen) atoms. The van der Waals surface area contributed by atoms with Crippen LogP contribution in [0.1, 0.15) is 49.1 Å². The molecule has 2 heteroatoms. The SMILES string of the molecule is NC1(CCc2ccc(C3CC3)c(F)c2)CC1. The number of rotatable bonds is 4. The first kappa shape index (κ1) is 10.3. The summed E-state index contributed by atoms with van der Waals surface area (Å²) in [5.74, 6) is 0.486. The van der Waals surface area contributed by atoms with Crippen molar-refractivity contribution in [3.05, 3.63) is 35.1 Å². The molecule has 0 unspecified atom stereocenters. The molecule has 2 N–H and O–H groups in total. The summed E-state index contributed by atoms with van der Waals surface area (Å²) >= 11 is 0. The minimum absolute atomic E-state index is 0.0122. The van der Waals surface area contributed by atoms with E-state index in [2.05, 4.69) is 6.07 Å². The molecule has 3 rings (SSSR count). The van der Waals surface area contributed by atoms with E-state index in [1.165, 1.54) is 0 Å². The summed E-state index contributed by atoms with van der Waals surface area (Å²) in [6, 6.07) is 5.75. The van der Waals surface area contributed by atoms with Crippen LogP contribution in [0.5, 0.6) is 0 Å². The van der Waals surface area contributed by atoms with Gasteiger partial charge in [-0.2, -0.15) is 0 Å². The van der Waals surface area contributed by atoms with Crippen molar-refractivity contribution in [2.24, 2.45) is 5.73 Å². The summed E-state index contributed by atoms with van der Waals surface area (Å²) in [6.07, 6.45) is 6.49. The first-order valence-corrected chi connectivity index (χ1v) is 6.24. The van der Waals surface area contributed by atoms with Gasteiger partial charge in [-0.05, 0) is 61.6 Å². The van der Waals surface area contributed by atoms with E-state index in [0.29, 0.717) is 5.92 Å². The van der Waals surface area contributed by atoms with Crippen LogP contribution in [0.2, 0.25) is 0 Å². The Labute approximate surface area is 95.8 Å². The van der Waals surface area contributed by atoms with Crippen LogP contribution in [0.15, 0.2) is 18.2 Å². The number of benzene rings is 1. The molecule has 1 aromatic rings. The van der Waals surface area contributed by atoms with Gasteiger partial charge in [0.1, 0.15) is 5.82 Å². The topological polar surface area (TPSA) is 26.0 Å². The molecule has 1 aromatic carbocycles. The zero-order valence-corrected chi connectivity index (χ0v) is 9.51. The zero-order valence-electron chi connectivity index (χ0n) is 9.51. The second-order valence-corrected chi connectivity index (χ2v) is 5.49. The maximum Gasteiger partial charge on any atom is 0.126 e. The fourth-order valence-electron chi connectivity index (χ4n) is 2.26. The lowest BCUT2D eigenvalue weighted by atomic mass is 10.0. The van der Waals surface area contributed by atoms with Crippen LogP contribution in [0, 0.1) is 5.82 Å². The van der Waals surface area contributed by atoms with Gasteiger partial charge in [-0.25, -0.2) is 4.39 Å². The highest BCUT2D eigenvalue weighted by Gasteiger charge is 2.37. The Morgan fingerprint density at radius 1 is 1.31 bits per heavy atom. The average Bonchev–Trinajstić information content (AvgIpc) is 3.12. The lowest BCUT2D eigenvalue weighted by molar-refractivity contribution is 0.592. The van der Waals surface area contributed by atoms with Crippen molar-refractivity contribution < 1.29 is 4.39 Å². The summed E-state index contributed by atoms with van der Waals surface area (Å²) < 4.78 is 13.7. The predicted octanol–water partition coefficient (Wildman–Crippen LogP) is 3.13. The first-order valence-electron chi connectivity index (χ1n) is 6.24. The molecular formula is C14H18FN. The minimum Gasteiger partial charge on any atom is -0.325 e. The number of hydrogen-bond donors (Lipinski definition) is 1. The van der Waals surface area contributed by atoms with Crippen LogP contribution >= 0.6 is 0 Å². The Bertz CT molecular complexity index is 405. The standard InChI is InChI=1S/C14H18FN/c15-13-9-10(5-6-14(16)7-8-14)1-4-12(13)11-2-3-11/h1,4,9,11H,2-3,5-8,16H2. The molecule has 0 amide bonds. The van der Waals surface area contributed by atoms with Gasteiger partial charge in [0.25, 0.3) is 0 Å². The first-order chi connectivity index (χ1) is 7.66. The number of aryl methyl sites for hydroxylation is 1. The third-order valence-corrected chi connectivity index (χ3v) is 3.89. The fraction of sp³-hybridized carbons (Fsp3) is 0.571. The number of halogens is 1. The van der Waals surface area contributed by atoms with E-state index < -0.39 is 0 Å². The largest absolute Gasteiger partial charge is 0.325 e. The highest BCUT2D eigenvalue weighted by Crippen LogP contribution is 2.41. The molecule has 2 aliphatic carbocycles.